The molecule has 3 aromatic rings. The number of nitrogens with zero attached hydrogens (tertiary/aromatic N) is 4. The van der Waals surface area contributed by atoms with Crippen LogP contribution < -0.4 is 16.2 Å². The molecule has 0 aliphatic rings. The predicted octanol–water partition coefficient (Wildman–Crippen LogP) is 1.08. The third-order valence-corrected chi connectivity index (χ3v) is 5.26. The Hall–Kier alpha value is -3.25. The maximum absolute atomic E-state index is 12.1. The summed E-state index contributed by atoms with van der Waals surface area (Å²) >= 11 is 2.48. The van der Waals surface area contributed by atoms with Crippen LogP contribution in [0.4, 0.5) is 5.69 Å². The monoisotopic (exact) mass is 417 g/mol. The summed E-state index contributed by atoms with van der Waals surface area (Å²) in [6.45, 7) is 0. The lowest BCUT2D eigenvalue weighted by molar-refractivity contribution is -0.113. The number of thioether (sulfide) groups is 1. The Labute approximate surface area is 167 Å². The Morgan fingerprint density at radius 3 is 2.50 bits per heavy atom. The van der Waals surface area contributed by atoms with Crippen molar-refractivity contribution in [2.45, 2.75) is 5.16 Å². The van der Waals surface area contributed by atoms with E-state index in [1.807, 2.05) is 0 Å². The Balaban J connectivity index is 1.47. The number of thiophene rings is 1. The summed E-state index contributed by atoms with van der Waals surface area (Å²) in [7, 11) is 1.69. The molecule has 3 amide bonds. The molecule has 0 aliphatic carbocycles. The van der Waals surface area contributed by atoms with Gasteiger partial charge in [0, 0.05) is 18.3 Å². The highest BCUT2D eigenvalue weighted by atomic mass is 32.2. The molecule has 0 saturated carbocycles. The lowest BCUT2D eigenvalue weighted by Crippen LogP contribution is -2.41. The third-order valence-electron chi connectivity index (χ3n) is 3.38. The number of hydrazine groups is 1. The fraction of sp³-hybridized carbons (Fsp3) is 0.125. The van der Waals surface area contributed by atoms with Crippen LogP contribution >= 0.6 is 23.1 Å². The number of aryl methyl sites for hydroxylation is 1. The fourth-order valence-corrected chi connectivity index (χ4v) is 3.30. The van der Waals surface area contributed by atoms with Crippen molar-refractivity contribution < 1.29 is 14.4 Å². The van der Waals surface area contributed by atoms with Gasteiger partial charge >= 0.3 is 0 Å². The molecule has 0 bridgehead atoms. The van der Waals surface area contributed by atoms with Gasteiger partial charge in [-0.05, 0) is 46.1 Å². The molecule has 0 spiro atoms. The molecule has 0 radical (unpaired) electrons. The van der Waals surface area contributed by atoms with Crippen LogP contribution in [0, 0.1) is 0 Å². The second-order valence-electron chi connectivity index (χ2n) is 5.38. The van der Waals surface area contributed by atoms with Gasteiger partial charge < -0.3 is 5.32 Å². The first-order valence-corrected chi connectivity index (χ1v) is 9.78. The first-order valence-electron chi connectivity index (χ1n) is 7.92. The smallest absolute Gasteiger partial charge is 0.279 e. The number of hydrogen-bond acceptors (Lipinski definition) is 8. The minimum absolute atomic E-state index is 0.144. The van der Waals surface area contributed by atoms with E-state index in [1.165, 1.54) is 27.8 Å². The zero-order valence-electron chi connectivity index (χ0n) is 14.6. The van der Waals surface area contributed by atoms with Gasteiger partial charge in [0.2, 0.25) is 11.1 Å². The van der Waals surface area contributed by atoms with E-state index in [1.54, 1.807) is 48.8 Å². The van der Waals surface area contributed by atoms with Crippen LogP contribution in [0.15, 0.2) is 46.9 Å². The topological polar surface area (TPSA) is 131 Å². The highest BCUT2D eigenvalue weighted by Crippen LogP contribution is 2.14. The largest absolute Gasteiger partial charge is 0.325 e. The maximum Gasteiger partial charge on any atom is 0.279 e. The Morgan fingerprint density at radius 2 is 1.86 bits per heavy atom. The molecule has 28 heavy (non-hydrogen) atoms. The molecule has 144 valence electrons. The summed E-state index contributed by atoms with van der Waals surface area (Å²) in [5, 5.41) is 16.0. The number of carbonyl (C=O) groups is 3. The van der Waals surface area contributed by atoms with Crippen LogP contribution in [0.2, 0.25) is 0 Å². The quantitative estimate of drug-likeness (QED) is 0.404. The first-order chi connectivity index (χ1) is 13.5. The summed E-state index contributed by atoms with van der Waals surface area (Å²) < 4.78 is 1.47. The summed E-state index contributed by atoms with van der Waals surface area (Å²) in [6.07, 6.45) is 0. The fourth-order valence-electron chi connectivity index (χ4n) is 2.03. The molecule has 0 atom stereocenters. The van der Waals surface area contributed by atoms with E-state index >= 15 is 0 Å². The zero-order valence-corrected chi connectivity index (χ0v) is 16.2. The zero-order chi connectivity index (χ0) is 19.9. The molecule has 0 fully saturated rings. The normalized spacial score (nSPS) is 10.3. The van der Waals surface area contributed by atoms with Crippen molar-refractivity contribution in [1.82, 2.24) is 31.1 Å². The number of benzene rings is 1. The highest BCUT2D eigenvalue weighted by Gasteiger charge is 2.11. The second kappa shape index (κ2) is 9.10. The minimum Gasteiger partial charge on any atom is -0.325 e. The van der Waals surface area contributed by atoms with Crippen LogP contribution in [0.3, 0.4) is 0 Å². The maximum atomic E-state index is 12.1. The van der Waals surface area contributed by atoms with Gasteiger partial charge in [0.25, 0.3) is 11.8 Å². The van der Waals surface area contributed by atoms with Crippen molar-refractivity contribution in [1.29, 1.82) is 0 Å². The average Bonchev–Trinajstić information content (AvgIpc) is 3.37. The van der Waals surface area contributed by atoms with Crippen molar-refractivity contribution in [2.24, 2.45) is 7.05 Å². The van der Waals surface area contributed by atoms with Gasteiger partial charge in [-0.1, -0.05) is 17.8 Å². The lowest BCUT2D eigenvalue weighted by atomic mass is 10.2. The number of aromatic nitrogens is 4. The van der Waals surface area contributed by atoms with Crippen molar-refractivity contribution in [2.75, 3.05) is 11.1 Å². The van der Waals surface area contributed by atoms with E-state index in [4.69, 9.17) is 0 Å². The van der Waals surface area contributed by atoms with E-state index in [2.05, 4.69) is 31.7 Å². The molecule has 2 heterocycles. The molecule has 3 rings (SSSR count). The number of hydrogen-bond donors (Lipinski definition) is 3. The summed E-state index contributed by atoms with van der Waals surface area (Å²) in [6, 6.07) is 9.69. The summed E-state index contributed by atoms with van der Waals surface area (Å²) in [5.41, 5.74) is 5.57. The molecule has 0 saturated heterocycles. The molecular formula is C16H15N7O3S2. The number of rotatable bonds is 6. The second-order valence-corrected chi connectivity index (χ2v) is 7.28. The van der Waals surface area contributed by atoms with Gasteiger partial charge in [-0.2, -0.15) is 0 Å². The van der Waals surface area contributed by atoms with E-state index < -0.39 is 5.91 Å². The molecule has 1 aromatic carbocycles. The molecule has 12 heteroatoms. The molecular weight excluding hydrogens is 402 g/mol. The lowest BCUT2D eigenvalue weighted by Gasteiger charge is -2.08. The predicted molar refractivity (Wildman–Crippen MR) is 104 cm³/mol. The SMILES string of the molecule is Cn1nnnc1SCC(=O)Nc1ccc(C(=O)NNC(=O)c2cccs2)cc1. The number of amides is 3. The third kappa shape index (κ3) is 5.14. The van der Waals surface area contributed by atoms with Gasteiger partial charge in [0.05, 0.1) is 10.6 Å². The number of nitrogens with one attached hydrogen (secondary N) is 3. The molecule has 10 nitrogen and oxygen atoms in total. The van der Waals surface area contributed by atoms with Gasteiger partial charge in [-0.25, -0.2) is 4.68 Å². The van der Waals surface area contributed by atoms with Crippen LogP contribution in [-0.2, 0) is 11.8 Å². The van der Waals surface area contributed by atoms with Crippen LogP contribution in [0.5, 0.6) is 0 Å². The number of anilines is 1. The average molecular weight is 417 g/mol. The van der Waals surface area contributed by atoms with E-state index in [0.717, 1.165) is 0 Å². The minimum atomic E-state index is -0.465. The number of carbonyl (C=O) groups excluding carboxylic acids is 3. The Morgan fingerprint density at radius 1 is 1.11 bits per heavy atom. The highest BCUT2D eigenvalue weighted by molar-refractivity contribution is 7.99. The van der Waals surface area contributed by atoms with Crippen LogP contribution in [0.25, 0.3) is 0 Å². The first kappa shape index (κ1) is 19.5. The molecule has 0 unspecified atom stereocenters. The van der Waals surface area contributed by atoms with Crippen LogP contribution in [0.1, 0.15) is 20.0 Å². The van der Waals surface area contributed by atoms with E-state index in [9.17, 15) is 14.4 Å². The Bertz CT molecular complexity index is 971. The van der Waals surface area contributed by atoms with Crippen molar-refractivity contribution in [3.05, 3.63) is 52.2 Å². The van der Waals surface area contributed by atoms with Crippen molar-refractivity contribution >= 4 is 46.5 Å². The Kier molecular flexibility index (Phi) is 6.34. The molecule has 2 aromatic heterocycles. The number of tetrazole rings is 1. The van der Waals surface area contributed by atoms with Gasteiger partial charge in [-0.3, -0.25) is 25.2 Å². The molecule has 3 N–H and O–H groups in total. The van der Waals surface area contributed by atoms with Gasteiger partial charge in [-0.15, -0.1) is 16.4 Å². The van der Waals surface area contributed by atoms with Crippen molar-refractivity contribution in [3.63, 3.8) is 0 Å². The van der Waals surface area contributed by atoms with E-state index in [0.29, 0.717) is 21.3 Å². The van der Waals surface area contributed by atoms with E-state index in [-0.39, 0.29) is 17.6 Å². The van der Waals surface area contributed by atoms with Crippen molar-refractivity contribution in [3.8, 4) is 0 Å². The van der Waals surface area contributed by atoms with Crippen LogP contribution in [-0.4, -0.2) is 43.7 Å². The van der Waals surface area contributed by atoms with Gasteiger partial charge in [0.15, 0.2) is 0 Å². The van der Waals surface area contributed by atoms with Gasteiger partial charge in [0.1, 0.15) is 0 Å². The standard InChI is InChI=1S/C16H15N7O3S2/c1-23-16(20-21-22-23)28-9-13(24)17-11-6-4-10(5-7-11)14(25)18-19-15(26)12-3-2-8-27-12/h2-8H,9H2,1H3,(H,17,24)(H,18,25)(H,19,26). The summed E-state index contributed by atoms with van der Waals surface area (Å²) in [4.78, 5) is 36.4. The molecule has 0 aliphatic heterocycles. The summed E-state index contributed by atoms with van der Waals surface area (Å²) in [5.74, 6) is -0.935.